The smallest absolute Gasteiger partial charge is 0.251 e. The molecule has 2 atom stereocenters. The maximum atomic E-state index is 13.6. The summed E-state index contributed by atoms with van der Waals surface area (Å²) in [7, 11) is 3.81. The normalized spacial score (nSPS) is 17.5. The molecule has 0 saturated carbocycles. The molecule has 2 aromatic rings. The zero-order valence-electron chi connectivity index (χ0n) is 16.4. The fourth-order valence-electron chi connectivity index (χ4n) is 3.30. The van der Waals surface area contributed by atoms with Gasteiger partial charge in [0.05, 0.1) is 12.1 Å². The SMILES string of the molecule is CN(C)[C@@H](CNC(=O)c1cccc(OC[C@H]2CCCO2)c1)c1cccc(F)c1. The molecule has 0 radical (unpaired) electrons. The first kappa shape index (κ1) is 20.3. The Kier molecular flexibility index (Phi) is 7.01. The fourth-order valence-corrected chi connectivity index (χ4v) is 3.30. The van der Waals surface area contributed by atoms with Crippen LogP contribution in [0.5, 0.6) is 5.75 Å². The number of amides is 1. The summed E-state index contributed by atoms with van der Waals surface area (Å²) >= 11 is 0. The van der Waals surface area contributed by atoms with Crippen LogP contribution in [0.4, 0.5) is 4.39 Å². The summed E-state index contributed by atoms with van der Waals surface area (Å²) in [6.07, 6.45) is 2.20. The molecule has 1 fully saturated rings. The first-order valence-corrected chi connectivity index (χ1v) is 9.57. The van der Waals surface area contributed by atoms with Crippen molar-refractivity contribution in [1.82, 2.24) is 10.2 Å². The van der Waals surface area contributed by atoms with Crippen LogP contribution in [0, 0.1) is 5.82 Å². The summed E-state index contributed by atoms with van der Waals surface area (Å²) in [4.78, 5) is 14.6. The third-order valence-electron chi connectivity index (χ3n) is 4.87. The number of halogens is 1. The predicted octanol–water partition coefficient (Wildman–Crippen LogP) is 3.42. The van der Waals surface area contributed by atoms with E-state index in [1.165, 1.54) is 12.1 Å². The van der Waals surface area contributed by atoms with Gasteiger partial charge in [-0.3, -0.25) is 4.79 Å². The molecule has 1 aliphatic rings. The van der Waals surface area contributed by atoms with Crippen LogP contribution >= 0.6 is 0 Å². The third-order valence-corrected chi connectivity index (χ3v) is 4.87. The molecule has 0 spiro atoms. The van der Waals surface area contributed by atoms with Crippen molar-refractivity contribution in [2.24, 2.45) is 0 Å². The lowest BCUT2D eigenvalue weighted by molar-refractivity contribution is 0.0679. The number of ether oxygens (including phenoxy) is 2. The number of hydrogen-bond donors (Lipinski definition) is 1. The topological polar surface area (TPSA) is 50.8 Å². The van der Waals surface area contributed by atoms with Gasteiger partial charge in [0.25, 0.3) is 5.91 Å². The molecule has 0 unspecified atom stereocenters. The van der Waals surface area contributed by atoms with Crippen molar-refractivity contribution in [3.63, 3.8) is 0 Å². The summed E-state index contributed by atoms with van der Waals surface area (Å²) in [6.45, 7) is 1.65. The van der Waals surface area contributed by atoms with Crippen molar-refractivity contribution in [2.45, 2.75) is 25.0 Å². The molecule has 0 aromatic heterocycles. The fraction of sp³-hybridized carbons (Fsp3) is 0.409. The molecule has 1 saturated heterocycles. The minimum Gasteiger partial charge on any atom is -0.491 e. The molecule has 2 aromatic carbocycles. The van der Waals surface area contributed by atoms with Gasteiger partial charge < -0.3 is 19.7 Å². The Morgan fingerprint density at radius 1 is 1.29 bits per heavy atom. The van der Waals surface area contributed by atoms with Crippen LogP contribution in [0.25, 0.3) is 0 Å². The van der Waals surface area contributed by atoms with Crippen molar-refractivity contribution in [2.75, 3.05) is 33.9 Å². The van der Waals surface area contributed by atoms with Gasteiger partial charge in [0.1, 0.15) is 18.2 Å². The van der Waals surface area contributed by atoms with E-state index in [1.807, 2.05) is 31.1 Å². The number of likely N-dealkylation sites (N-methyl/N-ethyl adjacent to an activating group) is 1. The monoisotopic (exact) mass is 386 g/mol. The summed E-state index contributed by atoms with van der Waals surface area (Å²) in [5.74, 6) is 0.176. The Hall–Kier alpha value is -2.44. The summed E-state index contributed by atoms with van der Waals surface area (Å²) in [6, 6.07) is 13.4. The van der Waals surface area contributed by atoms with Crippen molar-refractivity contribution in [3.8, 4) is 5.75 Å². The summed E-state index contributed by atoms with van der Waals surface area (Å²) in [5, 5.41) is 2.94. The molecule has 150 valence electrons. The quantitative estimate of drug-likeness (QED) is 0.755. The minimum absolute atomic E-state index is 0.126. The Balaban J connectivity index is 1.59. The third kappa shape index (κ3) is 5.53. The van der Waals surface area contributed by atoms with Gasteiger partial charge in [-0.05, 0) is 62.8 Å². The van der Waals surface area contributed by atoms with Gasteiger partial charge in [-0.25, -0.2) is 4.39 Å². The zero-order valence-corrected chi connectivity index (χ0v) is 16.4. The van der Waals surface area contributed by atoms with E-state index < -0.39 is 0 Å². The molecule has 5 nitrogen and oxygen atoms in total. The van der Waals surface area contributed by atoms with Crippen molar-refractivity contribution in [1.29, 1.82) is 0 Å². The van der Waals surface area contributed by atoms with Crippen LogP contribution in [0.15, 0.2) is 48.5 Å². The van der Waals surface area contributed by atoms with Gasteiger partial charge in [-0.15, -0.1) is 0 Å². The van der Waals surface area contributed by atoms with E-state index in [1.54, 1.807) is 24.3 Å². The average Bonchev–Trinajstić information content (AvgIpc) is 3.20. The van der Waals surface area contributed by atoms with Gasteiger partial charge in [-0.1, -0.05) is 18.2 Å². The van der Waals surface area contributed by atoms with Crippen molar-refractivity contribution < 1.29 is 18.7 Å². The largest absolute Gasteiger partial charge is 0.491 e. The van der Waals surface area contributed by atoms with E-state index in [4.69, 9.17) is 9.47 Å². The number of nitrogens with zero attached hydrogens (tertiary/aromatic N) is 1. The number of carbonyl (C=O) groups excluding carboxylic acids is 1. The lowest BCUT2D eigenvalue weighted by Crippen LogP contribution is -2.34. The van der Waals surface area contributed by atoms with Crippen LogP contribution < -0.4 is 10.1 Å². The average molecular weight is 386 g/mol. The Bertz CT molecular complexity index is 791. The molecule has 1 heterocycles. The highest BCUT2D eigenvalue weighted by atomic mass is 19.1. The second-order valence-electron chi connectivity index (χ2n) is 7.22. The first-order valence-electron chi connectivity index (χ1n) is 9.57. The lowest BCUT2D eigenvalue weighted by Gasteiger charge is -2.25. The second-order valence-corrected chi connectivity index (χ2v) is 7.22. The molecule has 3 rings (SSSR count). The Labute approximate surface area is 165 Å². The summed E-state index contributed by atoms with van der Waals surface area (Å²) in [5.41, 5.74) is 1.35. The van der Waals surface area contributed by atoms with E-state index in [-0.39, 0.29) is 23.9 Å². The van der Waals surface area contributed by atoms with E-state index in [9.17, 15) is 9.18 Å². The number of nitrogens with one attached hydrogen (secondary N) is 1. The molecule has 0 bridgehead atoms. The first-order chi connectivity index (χ1) is 13.5. The molecule has 0 aliphatic carbocycles. The number of hydrogen-bond acceptors (Lipinski definition) is 4. The van der Waals surface area contributed by atoms with Gasteiger partial charge in [0.15, 0.2) is 0 Å². The highest BCUT2D eigenvalue weighted by Gasteiger charge is 2.18. The van der Waals surface area contributed by atoms with Gasteiger partial charge >= 0.3 is 0 Å². The Morgan fingerprint density at radius 2 is 2.11 bits per heavy atom. The standard InChI is InChI=1S/C22H27FN2O3/c1-25(2)21(16-6-3-8-18(23)12-16)14-24-22(26)17-7-4-9-19(13-17)28-15-20-10-5-11-27-20/h3-4,6-9,12-13,20-21H,5,10-11,14-15H2,1-2H3,(H,24,26)/t20-,21+/m1/s1. The van der Waals surface area contributed by atoms with E-state index >= 15 is 0 Å². The number of benzene rings is 2. The van der Waals surface area contributed by atoms with Gasteiger partial charge in [0, 0.05) is 18.7 Å². The highest BCUT2D eigenvalue weighted by molar-refractivity contribution is 5.94. The summed E-state index contributed by atoms with van der Waals surface area (Å²) < 4.78 is 24.9. The molecule has 1 aliphatic heterocycles. The van der Waals surface area contributed by atoms with Crippen LogP contribution in [-0.4, -0.2) is 50.8 Å². The second kappa shape index (κ2) is 9.66. The van der Waals surface area contributed by atoms with Crippen molar-refractivity contribution in [3.05, 3.63) is 65.5 Å². The molecular formula is C22H27FN2O3. The highest BCUT2D eigenvalue weighted by Crippen LogP contribution is 2.20. The molecule has 28 heavy (non-hydrogen) atoms. The van der Waals surface area contributed by atoms with Crippen LogP contribution in [0.1, 0.15) is 34.8 Å². The molecule has 6 heteroatoms. The minimum atomic E-state index is -0.285. The number of rotatable bonds is 8. The van der Waals surface area contributed by atoms with Crippen LogP contribution in [0.2, 0.25) is 0 Å². The van der Waals surface area contributed by atoms with Gasteiger partial charge in [-0.2, -0.15) is 0 Å². The van der Waals surface area contributed by atoms with E-state index in [0.717, 1.165) is 25.0 Å². The van der Waals surface area contributed by atoms with Crippen LogP contribution in [-0.2, 0) is 4.74 Å². The molecule has 1 N–H and O–H groups in total. The zero-order chi connectivity index (χ0) is 19.9. The molecular weight excluding hydrogens is 359 g/mol. The maximum absolute atomic E-state index is 13.6. The lowest BCUT2D eigenvalue weighted by atomic mass is 10.1. The van der Waals surface area contributed by atoms with Crippen LogP contribution in [0.3, 0.4) is 0 Å². The maximum Gasteiger partial charge on any atom is 0.251 e. The van der Waals surface area contributed by atoms with E-state index in [0.29, 0.717) is 24.5 Å². The number of carbonyl (C=O) groups is 1. The molecule has 1 amide bonds. The van der Waals surface area contributed by atoms with Crippen molar-refractivity contribution >= 4 is 5.91 Å². The predicted molar refractivity (Wildman–Crippen MR) is 106 cm³/mol. The Morgan fingerprint density at radius 3 is 2.82 bits per heavy atom. The van der Waals surface area contributed by atoms with Gasteiger partial charge in [0.2, 0.25) is 0 Å². The van der Waals surface area contributed by atoms with E-state index in [2.05, 4.69) is 5.32 Å².